The number of aryl methyl sites for hydroxylation is 1. The molecule has 1 aliphatic rings. The Morgan fingerprint density at radius 1 is 1.07 bits per heavy atom. The summed E-state index contributed by atoms with van der Waals surface area (Å²) in [7, 11) is 0. The predicted molar refractivity (Wildman–Crippen MR) is 173 cm³/mol. The summed E-state index contributed by atoms with van der Waals surface area (Å²) in [4.78, 5) is 40.9. The maximum atomic E-state index is 14.9. The summed E-state index contributed by atoms with van der Waals surface area (Å²) in [6, 6.07) is 13.5. The number of hydrogen-bond donors (Lipinski definition) is 2. The highest BCUT2D eigenvalue weighted by Crippen LogP contribution is 2.28. The summed E-state index contributed by atoms with van der Waals surface area (Å²) in [5.41, 5.74) is 1.61. The summed E-state index contributed by atoms with van der Waals surface area (Å²) in [5.74, 6) is -0.0887. The molecule has 0 unspecified atom stereocenters. The van der Waals surface area contributed by atoms with Gasteiger partial charge in [-0.1, -0.05) is 12.1 Å². The van der Waals surface area contributed by atoms with Crippen LogP contribution in [-0.2, 0) is 11.2 Å². The van der Waals surface area contributed by atoms with Gasteiger partial charge in [0.25, 0.3) is 0 Å². The van der Waals surface area contributed by atoms with E-state index in [1.165, 1.54) is 18.3 Å². The molecule has 0 radical (unpaired) electrons. The van der Waals surface area contributed by atoms with Gasteiger partial charge in [0.2, 0.25) is 11.9 Å². The monoisotopic (exact) mass is 621 g/mol. The van der Waals surface area contributed by atoms with E-state index in [2.05, 4.69) is 38.9 Å². The number of halogens is 1. The molecule has 0 bridgehead atoms. The Hall–Kier alpha value is -4.29. The predicted octanol–water partition coefficient (Wildman–Crippen LogP) is 5.38. The highest BCUT2D eigenvalue weighted by molar-refractivity contribution is 5.93. The van der Waals surface area contributed by atoms with E-state index in [4.69, 9.17) is 4.74 Å². The summed E-state index contributed by atoms with van der Waals surface area (Å²) >= 11 is 0. The molecule has 2 N–H and O–H groups in total. The zero-order chi connectivity index (χ0) is 32.3. The lowest BCUT2D eigenvalue weighted by atomic mass is 10.1. The fourth-order valence-electron chi connectivity index (χ4n) is 5.32. The van der Waals surface area contributed by atoms with E-state index < -0.39 is 11.9 Å². The van der Waals surface area contributed by atoms with Crippen LogP contribution in [0, 0.1) is 5.82 Å². The topological polar surface area (TPSA) is 114 Å². The molecule has 4 rings (SSSR count). The van der Waals surface area contributed by atoms with Gasteiger partial charge in [-0.3, -0.25) is 14.6 Å². The number of anilines is 4. The molecule has 1 aliphatic heterocycles. The molecule has 3 aromatic rings. The highest BCUT2D eigenvalue weighted by atomic mass is 19.1. The Labute approximate surface area is 264 Å². The van der Waals surface area contributed by atoms with Crippen LogP contribution >= 0.6 is 0 Å². The molecule has 1 aromatic heterocycles. The average Bonchev–Trinajstić information content (AvgIpc) is 3.02. The van der Waals surface area contributed by atoms with Gasteiger partial charge in [-0.05, 0) is 63.9 Å². The second kappa shape index (κ2) is 16.1. The van der Waals surface area contributed by atoms with Gasteiger partial charge < -0.3 is 20.1 Å². The SMILES string of the molecule is CCN(CC)C(=O)CCc1cccc(N(C(=O)O)c2ccnc(Nc3ccc(OCCN4CCN(C(C)C)CC4)c(F)c3)n2)c1. The van der Waals surface area contributed by atoms with E-state index in [0.717, 1.165) is 43.2 Å². The number of aromatic nitrogens is 2. The summed E-state index contributed by atoms with van der Waals surface area (Å²) < 4.78 is 20.6. The second-order valence-corrected chi connectivity index (χ2v) is 11.2. The van der Waals surface area contributed by atoms with Crippen molar-refractivity contribution in [2.45, 2.75) is 46.6 Å². The number of carbonyl (C=O) groups excluding carboxylic acids is 1. The van der Waals surface area contributed by atoms with Gasteiger partial charge in [0.15, 0.2) is 11.6 Å². The van der Waals surface area contributed by atoms with Crippen molar-refractivity contribution in [2.24, 2.45) is 0 Å². The normalized spacial score (nSPS) is 13.9. The van der Waals surface area contributed by atoms with E-state index in [9.17, 15) is 19.1 Å². The van der Waals surface area contributed by atoms with E-state index in [-0.39, 0.29) is 23.4 Å². The first kappa shape index (κ1) is 33.6. The van der Waals surface area contributed by atoms with Crippen molar-refractivity contribution >= 4 is 35.1 Å². The lowest BCUT2D eigenvalue weighted by molar-refractivity contribution is -0.130. The quantitative estimate of drug-likeness (QED) is 0.245. The van der Waals surface area contributed by atoms with Gasteiger partial charge in [-0.25, -0.2) is 19.1 Å². The molecule has 0 atom stereocenters. The minimum Gasteiger partial charge on any atom is -0.489 e. The minimum atomic E-state index is -1.23. The molecule has 0 saturated carbocycles. The van der Waals surface area contributed by atoms with E-state index >= 15 is 0 Å². The zero-order valence-electron chi connectivity index (χ0n) is 26.6. The molecule has 12 heteroatoms. The van der Waals surface area contributed by atoms with E-state index in [1.807, 2.05) is 19.9 Å². The van der Waals surface area contributed by atoms with Crippen LogP contribution in [0.1, 0.15) is 39.7 Å². The molecule has 0 spiro atoms. The van der Waals surface area contributed by atoms with Crippen LogP contribution in [0.5, 0.6) is 5.75 Å². The summed E-state index contributed by atoms with van der Waals surface area (Å²) in [6.07, 6.45) is 1.01. The minimum absolute atomic E-state index is 0.0545. The second-order valence-electron chi connectivity index (χ2n) is 11.2. The number of carbonyl (C=O) groups is 2. The molecule has 2 heterocycles. The Bertz CT molecular complexity index is 1430. The Morgan fingerprint density at radius 3 is 2.49 bits per heavy atom. The molecule has 45 heavy (non-hydrogen) atoms. The first-order valence-electron chi connectivity index (χ1n) is 15.6. The fraction of sp³-hybridized carbons (Fsp3) is 0.455. The van der Waals surface area contributed by atoms with Crippen molar-refractivity contribution < 1.29 is 23.8 Å². The third-order valence-corrected chi connectivity index (χ3v) is 7.96. The summed E-state index contributed by atoms with van der Waals surface area (Å²) in [6.45, 7) is 14.7. The van der Waals surface area contributed by atoms with Gasteiger partial charge in [0.1, 0.15) is 12.4 Å². The Kier molecular flexibility index (Phi) is 12.1. The van der Waals surface area contributed by atoms with Crippen LogP contribution < -0.4 is 15.0 Å². The first-order chi connectivity index (χ1) is 21.7. The van der Waals surface area contributed by atoms with Crippen LogP contribution in [0.3, 0.4) is 0 Å². The Balaban J connectivity index is 1.37. The number of benzene rings is 2. The molecule has 1 fully saturated rings. The largest absolute Gasteiger partial charge is 0.489 e. The number of piperazine rings is 1. The third-order valence-electron chi connectivity index (χ3n) is 7.96. The molecular weight excluding hydrogens is 577 g/mol. The zero-order valence-corrected chi connectivity index (χ0v) is 26.6. The average molecular weight is 622 g/mol. The van der Waals surface area contributed by atoms with Crippen LogP contribution in [0.15, 0.2) is 54.7 Å². The molecule has 2 amide bonds. The molecule has 11 nitrogen and oxygen atoms in total. The van der Waals surface area contributed by atoms with Gasteiger partial charge in [-0.15, -0.1) is 0 Å². The van der Waals surface area contributed by atoms with E-state index in [1.54, 1.807) is 35.2 Å². The van der Waals surface area contributed by atoms with Crippen LogP contribution in [-0.4, -0.2) is 100 Å². The van der Waals surface area contributed by atoms with E-state index in [0.29, 0.717) is 50.0 Å². The molecule has 0 aliphatic carbocycles. The summed E-state index contributed by atoms with van der Waals surface area (Å²) in [5, 5.41) is 13.0. The number of nitrogens with one attached hydrogen (secondary N) is 1. The standard InChI is InChI=1S/C33H44FN7O4/c1-5-39(6-2)31(42)13-10-25-8-7-9-27(22-25)41(33(43)44)30-14-15-35-32(37-30)36-26-11-12-29(28(34)23-26)45-21-20-38-16-18-40(19-17-38)24(3)4/h7-9,11-12,14-15,22-24H,5-6,10,13,16-21H2,1-4H3,(H,43,44)(H,35,36,37). The van der Waals surface area contributed by atoms with Crippen LogP contribution in [0.4, 0.5) is 32.3 Å². The number of carboxylic acid groups (broad SMARTS) is 1. The lowest BCUT2D eigenvalue weighted by Crippen LogP contribution is -2.49. The number of ether oxygens (including phenoxy) is 1. The third kappa shape index (κ3) is 9.35. The maximum absolute atomic E-state index is 14.9. The van der Waals surface area contributed by atoms with Crippen LogP contribution in [0.2, 0.25) is 0 Å². The van der Waals surface area contributed by atoms with Crippen molar-refractivity contribution in [1.82, 2.24) is 24.7 Å². The van der Waals surface area contributed by atoms with Gasteiger partial charge in [-0.2, -0.15) is 4.98 Å². The highest BCUT2D eigenvalue weighted by Gasteiger charge is 2.21. The molecular formula is C33H44FN7O4. The van der Waals surface area contributed by atoms with Gasteiger partial charge in [0, 0.05) is 82.3 Å². The first-order valence-corrected chi connectivity index (χ1v) is 15.6. The molecule has 242 valence electrons. The lowest BCUT2D eigenvalue weighted by Gasteiger charge is -2.36. The van der Waals surface area contributed by atoms with Crippen molar-refractivity contribution in [3.05, 3.63) is 66.1 Å². The van der Waals surface area contributed by atoms with Crippen molar-refractivity contribution in [2.75, 3.05) is 62.6 Å². The molecule has 2 aromatic carbocycles. The van der Waals surface area contributed by atoms with Crippen LogP contribution in [0.25, 0.3) is 0 Å². The number of nitrogens with zero attached hydrogens (tertiary/aromatic N) is 6. The Morgan fingerprint density at radius 2 is 1.82 bits per heavy atom. The van der Waals surface area contributed by atoms with Crippen molar-refractivity contribution in [3.63, 3.8) is 0 Å². The smallest absolute Gasteiger partial charge is 0.417 e. The number of amides is 2. The fourth-order valence-corrected chi connectivity index (χ4v) is 5.32. The number of hydrogen-bond acceptors (Lipinski definition) is 8. The molecule has 1 saturated heterocycles. The van der Waals surface area contributed by atoms with Gasteiger partial charge in [0.05, 0.1) is 5.69 Å². The maximum Gasteiger partial charge on any atom is 0.417 e. The van der Waals surface area contributed by atoms with Gasteiger partial charge >= 0.3 is 6.09 Å². The number of rotatable bonds is 14. The van der Waals surface area contributed by atoms with Crippen molar-refractivity contribution in [1.29, 1.82) is 0 Å². The van der Waals surface area contributed by atoms with Crippen molar-refractivity contribution in [3.8, 4) is 5.75 Å².